The first kappa shape index (κ1) is 31.0. The van der Waals surface area contributed by atoms with E-state index >= 15 is 0 Å². The highest BCUT2D eigenvalue weighted by Gasteiger charge is 2.72. The molecule has 1 N–H and O–H groups in total. The molecule has 2 saturated heterocycles. The molecule has 0 radical (unpaired) electrons. The van der Waals surface area contributed by atoms with Crippen LogP contribution in [0.5, 0.6) is 0 Å². The standard InChI is InChI=1S/C36H44N4O5/c1-5-37(6-2)25-15-17-27(18-16-25)39-21-11-19-36-31(34(43)40(32(36)35(39)44)28(23-41)22-24(3)4)30-29(45-36)14-10-20-38(33(30)42)26-12-8-7-9-13-26/h7-19,24,28-32,41H,5-6,20-23H2,1-4H3/t28-,29-,30+,31+,32?,36+/m1/s1. The van der Waals surface area contributed by atoms with Crippen molar-refractivity contribution < 1.29 is 24.2 Å². The van der Waals surface area contributed by atoms with Gasteiger partial charge in [0.1, 0.15) is 11.6 Å². The van der Waals surface area contributed by atoms with E-state index in [9.17, 15) is 19.5 Å². The van der Waals surface area contributed by atoms with Crippen molar-refractivity contribution in [1.29, 1.82) is 0 Å². The Kier molecular flexibility index (Phi) is 8.59. The van der Waals surface area contributed by atoms with Crippen LogP contribution in [0.2, 0.25) is 0 Å². The van der Waals surface area contributed by atoms with Crippen LogP contribution < -0.4 is 14.7 Å². The number of hydrogen-bond acceptors (Lipinski definition) is 6. The smallest absolute Gasteiger partial charge is 0.253 e. The van der Waals surface area contributed by atoms with Gasteiger partial charge in [-0.05, 0) is 62.6 Å². The normalized spacial score (nSPS) is 28.2. The number of aliphatic hydroxyl groups is 1. The summed E-state index contributed by atoms with van der Waals surface area (Å²) in [6, 6.07) is 15.7. The molecule has 1 spiro atoms. The van der Waals surface area contributed by atoms with E-state index < -0.39 is 35.6 Å². The third kappa shape index (κ3) is 5.16. The van der Waals surface area contributed by atoms with Gasteiger partial charge in [-0.25, -0.2) is 0 Å². The minimum atomic E-state index is -1.36. The number of aliphatic hydroxyl groups excluding tert-OH is 1. The second kappa shape index (κ2) is 12.4. The van der Waals surface area contributed by atoms with E-state index in [0.717, 1.165) is 30.2 Å². The van der Waals surface area contributed by atoms with Crippen molar-refractivity contribution in [3.05, 3.63) is 78.9 Å². The van der Waals surface area contributed by atoms with Crippen LogP contribution in [0.25, 0.3) is 0 Å². The third-order valence-corrected chi connectivity index (χ3v) is 9.80. The average molecular weight is 613 g/mol. The number of carbonyl (C=O) groups excluding carboxylic acids is 3. The highest BCUT2D eigenvalue weighted by atomic mass is 16.5. The van der Waals surface area contributed by atoms with E-state index in [1.54, 1.807) is 14.7 Å². The van der Waals surface area contributed by atoms with Crippen molar-refractivity contribution in [3.8, 4) is 0 Å². The Bertz CT molecular complexity index is 1470. The van der Waals surface area contributed by atoms with Crippen molar-refractivity contribution in [2.24, 2.45) is 17.8 Å². The molecule has 6 atom stereocenters. The number of fused-ring (bicyclic) bond motifs is 2. The zero-order chi connectivity index (χ0) is 31.9. The molecule has 238 valence electrons. The quantitative estimate of drug-likeness (QED) is 0.430. The number of para-hydroxylation sites is 1. The molecule has 1 unspecified atom stereocenters. The van der Waals surface area contributed by atoms with Crippen LogP contribution in [0.1, 0.15) is 34.1 Å². The Hall–Kier alpha value is -3.95. The summed E-state index contributed by atoms with van der Waals surface area (Å²) in [6.07, 6.45) is 7.37. The number of nitrogens with zero attached hydrogens (tertiary/aromatic N) is 4. The van der Waals surface area contributed by atoms with Gasteiger partial charge in [0.15, 0.2) is 0 Å². The van der Waals surface area contributed by atoms with E-state index in [2.05, 4.69) is 18.7 Å². The summed E-state index contributed by atoms with van der Waals surface area (Å²) in [4.78, 5) is 51.1. The Morgan fingerprint density at radius 2 is 1.53 bits per heavy atom. The second-order valence-corrected chi connectivity index (χ2v) is 12.8. The van der Waals surface area contributed by atoms with E-state index in [4.69, 9.17) is 4.74 Å². The van der Waals surface area contributed by atoms with Gasteiger partial charge in [-0.1, -0.05) is 56.4 Å². The van der Waals surface area contributed by atoms with Crippen LogP contribution >= 0.6 is 0 Å². The lowest BCUT2D eigenvalue weighted by Crippen LogP contribution is -2.58. The highest BCUT2D eigenvalue weighted by Crippen LogP contribution is 2.54. The molecular weight excluding hydrogens is 568 g/mol. The number of rotatable bonds is 9. The average Bonchev–Trinajstić information content (AvgIpc) is 3.36. The number of amides is 3. The Morgan fingerprint density at radius 1 is 0.889 bits per heavy atom. The summed E-state index contributed by atoms with van der Waals surface area (Å²) in [5, 5.41) is 10.6. The van der Waals surface area contributed by atoms with Crippen molar-refractivity contribution in [1.82, 2.24) is 4.90 Å². The molecule has 9 heteroatoms. The van der Waals surface area contributed by atoms with Gasteiger partial charge in [0.05, 0.1) is 30.6 Å². The van der Waals surface area contributed by atoms with Crippen molar-refractivity contribution in [2.45, 2.75) is 57.9 Å². The molecule has 0 bridgehead atoms. The lowest BCUT2D eigenvalue weighted by molar-refractivity contribution is -0.144. The van der Waals surface area contributed by atoms with Crippen LogP contribution in [0, 0.1) is 17.8 Å². The van der Waals surface area contributed by atoms with Gasteiger partial charge in [-0.3, -0.25) is 14.4 Å². The van der Waals surface area contributed by atoms with Gasteiger partial charge >= 0.3 is 0 Å². The largest absolute Gasteiger partial charge is 0.394 e. The predicted molar refractivity (Wildman–Crippen MR) is 175 cm³/mol. The highest BCUT2D eigenvalue weighted by molar-refractivity contribution is 6.07. The second-order valence-electron chi connectivity index (χ2n) is 12.8. The first-order valence-electron chi connectivity index (χ1n) is 16.2. The van der Waals surface area contributed by atoms with Crippen molar-refractivity contribution in [2.75, 3.05) is 47.5 Å². The van der Waals surface area contributed by atoms with E-state index in [1.165, 1.54) is 0 Å². The molecule has 0 saturated carbocycles. The van der Waals surface area contributed by atoms with E-state index in [-0.39, 0.29) is 30.2 Å². The summed E-state index contributed by atoms with van der Waals surface area (Å²) < 4.78 is 6.81. The van der Waals surface area contributed by atoms with Crippen LogP contribution in [-0.2, 0) is 19.1 Å². The predicted octanol–water partition coefficient (Wildman–Crippen LogP) is 4.03. The molecule has 4 heterocycles. The molecule has 0 aliphatic carbocycles. The number of ether oxygens (including phenoxy) is 1. The van der Waals surface area contributed by atoms with Crippen LogP contribution in [0.3, 0.4) is 0 Å². The minimum Gasteiger partial charge on any atom is -0.394 e. The first-order chi connectivity index (χ1) is 21.7. The summed E-state index contributed by atoms with van der Waals surface area (Å²) in [5.74, 6) is -2.37. The maximum absolute atomic E-state index is 14.8. The van der Waals surface area contributed by atoms with Gasteiger partial charge in [0.25, 0.3) is 5.91 Å². The van der Waals surface area contributed by atoms with E-state index in [1.807, 2.05) is 92.7 Å². The lowest BCUT2D eigenvalue weighted by atomic mass is 9.77. The molecule has 6 rings (SSSR count). The number of likely N-dealkylation sites (tertiary alicyclic amines) is 1. The first-order valence-corrected chi connectivity index (χ1v) is 16.2. The fourth-order valence-corrected chi connectivity index (χ4v) is 7.79. The summed E-state index contributed by atoms with van der Waals surface area (Å²) in [6.45, 7) is 10.4. The lowest BCUT2D eigenvalue weighted by Gasteiger charge is -2.39. The molecule has 45 heavy (non-hydrogen) atoms. The number of hydrogen-bond donors (Lipinski definition) is 1. The molecule has 4 aliphatic rings. The maximum atomic E-state index is 14.8. The topological polar surface area (TPSA) is 93.6 Å². The van der Waals surface area contributed by atoms with Gasteiger partial charge in [-0.15, -0.1) is 0 Å². The number of benzene rings is 2. The zero-order valence-corrected chi connectivity index (χ0v) is 26.6. The van der Waals surface area contributed by atoms with Gasteiger partial charge in [0.2, 0.25) is 11.8 Å². The Morgan fingerprint density at radius 3 is 2.18 bits per heavy atom. The maximum Gasteiger partial charge on any atom is 0.253 e. The monoisotopic (exact) mass is 612 g/mol. The summed E-state index contributed by atoms with van der Waals surface area (Å²) in [5.41, 5.74) is 1.17. The van der Waals surface area contributed by atoms with Crippen LogP contribution in [-0.4, -0.2) is 84.3 Å². The molecule has 9 nitrogen and oxygen atoms in total. The van der Waals surface area contributed by atoms with E-state index in [0.29, 0.717) is 19.5 Å². The van der Waals surface area contributed by atoms with Gasteiger partial charge in [0, 0.05) is 43.2 Å². The molecule has 3 amide bonds. The SMILES string of the molecule is CCN(CC)c1ccc(N2CC=C[C@]34O[C@@H]5C=CCN(c6ccccc6)C(=O)[C@@H]5[C@H]3C(=O)N([C@@H](CO)CC(C)C)C4C2=O)cc1. The zero-order valence-electron chi connectivity index (χ0n) is 26.6. The molecule has 4 aliphatic heterocycles. The van der Waals surface area contributed by atoms with Crippen molar-refractivity contribution >= 4 is 34.8 Å². The molecule has 2 fully saturated rings. The number of carbonyl (C=O) groups is 3. The van der Waals surface area contributed by atoms with Gasteiger partial charge < -0.3 is 29.4 Å². The fourth-order valence-electron chi connectivity index (χ4n) is 7.79. The Balaban J connectivity index is 1.43. The Labute approximate surface area is 265 Å². The third-order valence-electron chi connectivity index (χ3n) is 9.80. The summed E-state index contributed by atoms with van der Waals surface area (Å²) >= 11 is 0. The van der Waals surface area contributed by atoms with Crippen LogP contribution in [0.4, 0.5) is 17.1 Å². The van der Waals surface area contributed by atoms with Crippen molar-refractivity contribution in [3.63, 3.8) is 0 Å². The fraction of sp³-hybridized carbons (Fsp3) is 0.472. The molecule has 0 aromatic heterocycles. The molecule has 2 aromatic carbocycles. The minimum absolute atomic E-state index is 0.163. The molecular formula is C36H44N4O5. The number of anilines is 3. The molecule has 2 aromatic rings. The summed E-state index contributed by atoms with van der Waals surface area (Å²) in [7, 11) is 0. The van der Waals surface area contributed by atoms with Crippen LogP contribution in [0.15, 0.2) is 78.9 Å². The van der Waals surface area contributed by atoms with Gasteiger partial charge in [-0.2, -0.15) is 0 Å².